The zero-order valence-corrected chi connectivity index (χ0v) is 18.7. The van der Waals surface area contributed by atoms with E-state index in [0.717, 1.165) is 24.3 Å². The minimum Gasteiger partial charge on any atom is -0.397 e. The number of anilines is 3. The molecule has 0 heterocycles. The van der Waals surface area contributed by atoms with E-state index in [2.05, 4.69) is 33.7 Å². The molecular weight excluding hydrogens is 410 g/mol. The van der Waals surface area contributed by atoms with Gasteiger partial charge in [0, 0.05) is 24.5 Å². The van der Waals surface area contributed by atoms with Gasteiger partial charge in [-0.3, -0.25) is 4.72 Å². The van der Waals surface area contributed by atoms with Crippen LogP contribution in [-0.2, 0) is 10.0 Å². The maximum atomic E-state index is 12.5. The van der Waals surface area contributed by atoms with Crippen molar-refractivity contribution in [2.24, 2.45) is 10.2 Å². The smallest absolute Gasteiger partial charge is 0.261 e. The lowest BCUT2D eigenvalue weighted by molar-refractivity contribution is 0.601. The van der Waals surface area contributed by atoms with E-state index in [1.165, 1.54) is 0 Å². The van der Waals surface area contributed by atoms with Crippen LogP contribution in [0.5, 0.6) is 0 Å². The van der Waals surface area contributed by atoms with E-state index in [4.69, 9.17) is 5.73 Å². The van der Waals surface area contributed by atoms with Gasteiger partial charge in [-0.05, 0) is 75.4 Å². The summed E-state index contributed by atoms with van der Waals surface area (Å²) in [5, 5.41) is 8.44. The van der Waals surface area contributed by atoms with Crippen molar-refractivity contribution in [3.05, 3.63) is 72.3 Å². The first-order chi connectivity index (χ1) is 14.8. The molecular formula is C23H27N5O2S. The van der Waals surface area contributed by atoms with Gasteiger partial charge in [0.05, 0.1) is 16.3 Å². The summed E-state index contributed by atoms with van der Waals surface area (Å²) < 4.78 is 27.6. The quantitative estimate of drug-likeness (QED) is 0.352. The van der Waals surface area contributed by atoms with Crippen LogP contribution >= 0.6 is 0 Å². The molecule has 0 aliphatic heterocycles. The fourth-order valence-electron chi connectivity index (χ4n) is 3.06. The van der Waals surface area contributed by atoms with E-state index in [9.17, 15) is 8.42 Å². The molecule has 0 radical (unpaired) electrons. The molecule has 8 heteroatoms. The van der Waals surface area contributed by atoms with Crippen molar-refractivity contribution < 1.29 is 8.42 Å². The van der Waals surface area contributed by atoms with Gasteiger partial charge in [0.2, 0.25) is 0 Å². The first-order valence-corrected chi connectivity index (χ1v) is 11.6. The van der Waals surface area contributed by atoms with Crippen LogP contribution in [0.2, 0.25) is 0 Å². The largest absolute Gasteiger partial charge is 0.397 e. The number of hydrogen-bond donors (Lipinski definition) is 2. The highest BCUT2D eigenvalue weighted by Gasteiger charge is 2.13. The second-order valence-corrected chi connectivity index (χ2v) is 8.76. The van der Waals surface area contributed by atoms with Gasteiger partial charge in [0.25, 0.3) is 10.0 Å². The summed E-state index contributed by atoms with van der Waals surface area (Å²) in [7, 11) is -3.64. The van der Waals surface area contributed by atoms with Crippen LogP contribution in [0.3, 0.4) is 0 Å². The van der Waals surface area contributed by atoms with Crippen LogP contribution in [0, 0.1) is 6.92 Å². The average molecular weight is 438 g/mol. The molecule has 0 fully saturated rings. The molecule has 0 saturated carbocycles. The van der Waals surface area contributed by atoms with Crippen molar-refractivity contribution in [2.45, 2.75) is 25.7 Å². The van der Waals surface area contributed by atoms with Crippen molar-refractivity contribution in [3.63, 3.8) is 0 Å². The number of rotatable bonds is 8. The van der Waals surface area contributed by atoms with Gasteiger partial charge in [-0.25, -0.2) is 8.42 Å². The number of hydrogen-bond acceptors (Lipinski definition) is 6. The van der Waals surface area contributed by atoms with Crippen LogP contribution in [0.1, 0.15) is 19.4 Å². The highest BCUT2D eigenvalue weighted by molar-refractivity contribution is 7.92. The van der Waals surface area contributed by atoms with E-state index in [-0.39, 0.29) is 4.90 Å². The topological polar surface area (TPSA) is 100 Å². The maximum absolute atomic E-state index is 12.5. The number of aryl methyl sites for hydroxylation is 1. The summed E-state index contributed by atoms with van der Waals surface area (Å²) in [5.41, 5.74) is 10.3. The third-order valence-electron chi connectivity index (χ3n) is 4.86. The molecule has 0 aliphatic rings. The lowest BCUT2D eigenvalue weighted by Gasteiger charge is -2.21. The summed E-state index contributed by atoms with van der Waals surface area (Å²) in [4.78, 5) is 2.42. The van der Waals surface area contributed by atoms with Crippen molar-refractivity contribution in [2.75, 3.05) is 28.4 Å². The molecule has 0 unspecified atom stereocenters. The standard InChI is InChI=1S/C23H27N5O2S/c1-4-28(5-2)20-12-15-23(22(24)16-20)26-25-18-8-10-19(11-9-18)27-31(29,30)21-13-6-17(3)7-14-21/h6-16,27H,4-5,24H2,1-3H3. The number of azo groups is 1. The molecule has 0 saturated heterocycles. The molecule has 31 heavy (non-hydrogen) atoms. The monoisotopic (exact) mass is 437 g/mol. The van der Waals surface area contributed by atoms with Crippen LogP contribution in [0.25, 0.3) is 0 Å². The normalized spacial score (nSPS) is 11.6. The number of benzene rings is 3. The fourth-order valence-corrected chi connectivity index (χ4v) is 4.12. The van der Waals surface area contributed by atoms with E-state index in [0.29, 0.717) is 22.7 Å². The van der Waals surface area contributed by atoms with E-state index < -0.39 is 10.0 Å². The first kappa shape index (κ1) is 22.3. The Hall–Kier alpha value is -3.39. The average Bonchev–Trinajstić information content (AvgIpc) is 2.75. The van der Waals surface area contributed by atoms with Gasteiger partial charge < -0.3 is 10.6 Å². The molecule has 0 spiro atoms. The van der Waals surface area contributed by atoms with Gasteiger partial charge in [0.15, 0.2) is 0 Å². The molecule has 0 amide bonds. The summed E-state index contributed by atoms with van der Waals surface area (Å²) in [6, 6.07) is 19.1. The molecule has 3 aromatic rings. The number of nitrogens with zero attached hydrogens (tertiary/aromatic N) is 3. The molecule has 0 aliphatic carbocycles. The Morgan fingerprint density at radius 2 is 1.55 bits per heavy atom. The van der Waals surface area contributed by atoms with E-state index in [1.54, 1.807) is 48.5 Å². The SMILES string of the molecule is CCN(CC)c1ccc(N=Nc2ccc(NS(=O)(=O)c3ccc(C)cc3)cc2)c(N)c1. The molecule has 3 rings (SSSR count). The van der Waals surface area contributed by atoms with Crippen molar-refractivity contribution >= 4 is 38.5 Å². The molecule has 162 valence electrons. The lowest BCUT2D eigenvalue weighted by atomic mass is 10.2. The van der Waals surface area contributed by atoms with Crippen molar-refractivity contribution in [1.82, 2.24) is 0 Å². The molecule has 3 N–H and O–H groups in total. The lowest BCUT2D eigenvalue weighted by Crippen LogP contribution is -2.21. The Labute approximate surface area is 183 Å². The number of sulfonamides is 1. The number of nitrogens with one attached hydrogen (secondary N) is 1. The highest BCUT2D eigenvalue weighted by atomic mass is 32.2. The van der Waals surface area contributed by atoms with Gasteiger partial charge in [-0.2, -0.15) is 5.11 Å². The van der Waals surface area contributed by atoms with Gasteiger partial charge in [-0.1, -0.05) is 17.7 Å². The van der Waals surface area contributed by atoms with Crippen LogP contribution in [0.15, 0.2) is 81.9 Å². The van der Waals surface area contributed by atoms with Crippen molar-refractivity contribution in [3.8, 4) is 0 Å². The Balaban J connectivity index is 1.70. The molecule has 0 atom stereocenters. The third kappa shape index (κ3) is 5.61. The van der Waals surface area contributed by atoms with Crippen LogP contribution in [-0.4, -0.2) is 21.5 Å². The molecule has 7 nitrogen and oxygen atoms in total. The Morgan fingerprint density at radius 1 is 0.903 bits per heavy atom. The summed E-state index contributed by atoms with van der Waals surface area (Å²) in [6.45, 7) is 7.90. The number of nitrogen functional groups attached to an aromatic ring is 1. The van der Waals surface area contributed by atoms with Crippen molar-refractivity contribution in [1.29, 1.82) is 0 Å². The number of nitrogens with two attached hydrogens (primary N) is 1. The molecule has 3 aromatic carbocycles. The summed E-state index contributed by atoms with van der Waals surface area (Å²) in [5.74, 6) is 0. The fraction of sp³-hybridized carbons (Fsp3) is 0.217. The minimum atomic E-state index is -3.64. The highest BCUT2D eigenvalue weighted by Crippen LogP contribution is 2.29. The third-order valence-corrected chi connectivity index (χ3v) is 6.26. The van der Waals surface area contributed by atoms with E-state index in [1.807, 2.05) is 25.1 Å². The predicted molar refractivity (Wildman–Crippen MR) is 127 cm³/mol. The second-order valence-electron chi connectivity index (χ2n) is 7.08. The maximum Gasteiger partial charge on any atom is 0.261 e. The minimum absolute atomic E-state index is 0.213. The molecule has 0 bridgehead atoms. The zero-order valence-electron chi connectivity index (χ0n) is 17.9. The summed E-state index contributed by atoms with van der Waals surface area (Å²) in [6.07, 6.45) is 0. The Bertz CT molecular complexity index is 1150. The van der Waals surface area contributed by atoms with Crippen LogP contribution < -0.4 is 15.4 Å². The van der Waals surface area contributed by atoms with E-state index >= 15 is 0 Å². The second kappa shape index (κ2) is 9.61. The molecule has 0 aromatic heterocycles. The Morgan fingerprint density at radius 3 is 2.13 bits per heavy atom. The Kier molecular flexibility index (Phi) is 6.91. The summed E-state index contributed by atoms with van der Waals surface area (Å²) >= 11 is 0. The zero-order chi connectivity index (χ0) is 22.4. The van der Waals surface area contributed by atoms with Gasteiger partial charge in [0.1, 0.15) is 5.69 Å². The predicted octanol–water partition coefficient (Wildman–Crippen LogP) is 5.64. The van der Waals surface area contributed by atoms with Gasteiger partial charge >= 0.3 is 0 Å². The van der Waals surface area contributed by atoms with Gasteiger partial charge in [-0.15, -0.1) is 5.11 Å². The first-order valence-electron chi connectivity index (χ1n) is 10.1. The van der Waals surface area contributed by atoms with Crippen LogP contribution in [0.4, 0.5) is 28.4 Å².